The third kappa shape index (κ3) is 4.98. The standard InChI is InChI=1S/C20H22FNO7/c1-11-15(18(23)26-3)17(16(12(2)22-11)19(24)27-4)20(25)29-10-9-28-14-8-6-5-7-13(14)21/h5-8,15,17H,9-10H2,1-4H3/t15?,17-/m0/s1. The number of esters is 3. The molecule has 0 aromatic heterocycles. The molecule has 1 aliphatic heterocycles. The Morgan fingerprint density at radius 3 is 2.31 bits per heavy atom. The van der Waals surface area contributed by atoms with Crippen LogP contribution >= 0.6 is 0 Å². The number of halogens is 1. The van der Waals surface area contributed by atoms with Crippen molar-refractivity contribution < 1.29 is 37.7 Å². The van der Waals surface area contributed by atoms with Crippen molar-refractivity contribution in [1.29, 1.82) is 0 Å². The molecule has 0 saturated carbocycles. The van der Waals surface area contributed by atoms with Crippen LogP contribution in [0.2, 0.25) is 0 Å². The van der Waals surface area contributed by atoms with Crippen molar-refractivity contribution >= 4 is 23.6 Å². The van der Waals surface area contributed by atoms with E-state index in [9.17, 15) is 18.8 Å². The van der Waals surface area contributed by atoms with Crippen LogP contribution in [0.1, 0.15) is 13.8 Å². The molecule has 1 aromatic carbocycles. The third-order valence-corrected chi connectivity index (χ3v) is 4.36. The Bertz CT molecular complexity index is 862. The Morgan fingerprint density at radius 2 is 1.69 bits per heavy atom. The largest absolute Gasteiger partial charge is 0.487 e. The van der Waals surface area contributed by atoms with Gasteiger partial charge in [-0.25, -0.2) is 9.18 Å². The van der Waals surface area contributed by atoms with Gasteiger partial charge in [0.25, 0.3) is 0 Å². The number of ether oxygens (including phenoxy) is 4. The van der Waals surface area contributed by atoms with Gasteiger partial charge in [-0.05, 0) is 26.0 Å². The normalized spacial score (nSPS) is 18.6. The van der Waals surface area contributed by atoms with Crippen molar-refractivity contribution in [3.05, 3.63) is 41.4 Å². The zero-order chi connectivity index (χ0) is 21.6. The summed E-state index contributed by atoms with van der Waals surface area (Å²) in [7, 11) is 2.33. The fraction of sp³-hybridized carbons (Fsp3) is 0.400. The first-order valence-corrected chi connectivity index (χ1v) is 8.77. The molecule has 2 rings (SSSR count). The van der Waals surface area contributed by atoms with Gasteiger partial charge in [0.1, 0.15) is 25.0 Å². The van der Waals surface area contributed by atoms with Gasteiger partial charge in [-0.2, -0.15) is 0 Å². The van der Waals surface area contributed by atoms with Crippen molar-refractivity contribution in [3.63, 3.8) is 0 Å². The van der Waals surface area contributed by atoms with E-state index < -0.39 is 35.6 Å². The van der Waals surface area contributed by atoms with Crippen molar-refractivity contribution in [1.82, 2.24) is 0 Å². The number of nitrogens with zero attached hydrogens (tertiary/aromatic N) is 1. The van der Waals surface area contributed by atoms with Crippen LogP contribution in [-0.2, 0) is 28.6 Å². The van der Waals surface area contributed by atoms with Crippen LogP contribution in [0.3, 0.4) is 0 Å². The molecule has 29 heavy (non-hydrogen) atoms. The van der Waals surface area contributed by atoms with Gasteiger partial charge in [0, 0.05) is 11.4 Å². The molecule has 2 atom stereocenters. The smallest absolute Gasteiger partial charge is 0.336 e. The maximum Gasteiger partial charge on any atom is 0.336 e. The number of rotatable bonds is 7. The molecule has 0 fully saturated rings. The summed E-state index contributed by atoms with van der Waals surface area (Å²) in [6.45, 7) is 2.75. The number of aliphatic imine (C=N–C) groups is 1. The highest BCUT2D eigenvalue weighted by molar-refractivity contribution is 6.10. The van der Waals surface area contributed by atoms with Crippen LogP contribution in [0.5, 0.6) is 5.75 Å². The zero-order valence-corrected chi connectivity index (χ0v) is 16.6. The summed E-state index contributed by atoms with van der Waals surface area (Å²) in [6.07, 6.45) is 0. The minimum atomic E-state index is -1.28. The number of para-hydroxylation sites is 1. The number of benzene rings is 1. The predicted molar refractivity (Wildman–Crippen MR) is 99.7 cm³/mol. The Balaban J connectivity index is 2.16. The van der Waals surface area contributed by atoms with Gasteiger partial charge in [-0.3, -0.25) is 14.6 Å². The molecule has 156 valence electrons. The van der Waals surface area contributed by atoms with Gasteiger partial charge >= 0.3 is 17.9 Å². The van der Waals surface area contributed by atoms with Crippen LogP contribution in [-0.4, -0.2) is 51.1 Å². The van der Waals surface area contributed by atoms with Crippen LogP contribution in [0, 0.1) is 17.7 Å². The molecule has 9 heteroatoms. The van der Waals surface area contributed by atoms with Gasteiger partial charge in [0.05, 0.1) is 19.8 Å². The van der Waals surface area contributed by atoms with Crippen molar-refractivity contribution in [2.45, 2.75) is 13.8 Å². The molecule has 1 aromatic rings. The Labute approximate surface area is 167 Å². The number of carbonyl (C=O) groups excluding carboxylic acids is 3. The van der Waals surface area contributed by atoms with Crippen LogP contribution < -0.4 is 4.74 Å². The molecule has 0 saturated heterocycles. The highest BCUT2D eigenvalue weighted by Gasteiger charge is 2.46. The number of carbonyl (C=O) groups is 3. The van der Waals surface area contributed by atoms with Crippen LogP contribution in [0.4, 0.5) is 4.39 Å². The van der Waals surface area contributed by atoms with E-state index >= 15 is 0 Å². The maximum atomic E-state index is 13.6. The van der Waals surface area contributed by atoms with E-state index in [4.69, 9.17) is 18.9 Å². The second-order valence-electron chi connectivity index (χ2n) is 6.17. The number of hydrogen-bond donors (Lipinski definition) is 0. The molecule has 0 radical (unpaired) electrons. The fourth-order valence-corrected chi connectivity index (χ4v) is 3.04. The van der Waals surface area contributed by atoms with Crippen molar-refractivity contribution in [2.75, 3.05) is 27.4 Å². The Hall–Kier alpha value is -3.23. The summed E-state index contributed by atoms with van der Waals surface area (Å²) in [6, 6.07) is 5.80. The average Bonchev–Trinajstić information content (AvgIpc) is 2.70. The first-order valence-electron chi connectivity index (χ1n) is 8.77. The average molecular weight is 407 g/mol. The molecule has 0 aliphatic carbocycles. The van der Waals surface area contributed by atoms with Gasteiger partial charge < -0.3 is 18.9 Å². The van der Waals surface area contributed by atoms with E-state index in [-0.39, 0.29) is 30.2 Å². The quantitative estimate of drug-likeness (QED) is 0.387. The van der Waals surface area contributed by atoms with E-state index in [1.807, 2.05) is 0 Å². The lowest BCUT2D eigenvalue weighted by Gasteiger charge is -2.29. The van der Waals surface area contributed by atoms with Crippen LogP contribution in [0.25, 0.3) is 0 Å². The fourth-order valence-electron chi connectivity index (χ4n) is 3.04. The monoisotopic (exact) mass is 407 g/mol. The summed E-state index contributed by atoms with van der Waals surface area (Å²) in [5.41, 5.74) is 0.485. The summed E-state index contributed by atoms with van der Waals surface area (Å²) in [5.74, 6) is -5.30. The van der Waals surface area contributed by atoms with Crippen LogP contribution in [0.15, 0.2) is 40.5 Å². The van der Waals surface area contributed by atoms with E-state index in [0.717, 1.165) is 7.11 Å². The topological polar surface area (TPSA) is 100 Å². The highest BCUT2D eigenvalue weighted by Crippen LogP contribution is 2.33. The first kappa shape index (κ1) is 22.1. The lowest BCUT2D eigenvalue weighted by Crippen LogP contribution is -2.42. The van der Waals surface area contributed by atoms with Gasteiger partial charge in [0.2, 0.25) is 0 Å². The molecule has 0 N–H and O–H groups in total. The Kier molecular flexibility index (Phi) is 7.46. The third-order valence-electron chi connectivity index (χ3n) is 4.36. The zero-order valence-electron chi connectivity index (χ0n) is 16.6. The number of allylic oxidation sites excluding steroid dienone is 1. The molecule has 0 bridgehead atoms. The number of methoxy groups -OCH3 is 2. The maximum absolute atomic E-state index is 13.6. The summed E-state index contributed by atoms with van der Waals surface area (Å²) < 4.78 is 33.5. The molecule has 8 nitrogen and oxygen atoms in total. The van der Waals surface area contributed by atoms with E-state index in [1.54, 1.807) is 13.0 Å². The molecule has 1 aliphatic rings. The Morgan fingerprint density at radius 1 is 1.00 bits per heavy atom. The SMILES string of the molecule is COC(=O)C1=C(C)N=C(C)C(C(=O)OC)[C@@H]1C(=O)OCCOc1ccccc1F. The molecular weight excluding hydrogens is 385 g/mol. The predicted octanol–water partition coefficient (Wildman–Crippen LogP) is 2.07. The molecule has 0 amide bonds. The molecule has 1 unspecified atom stereocenters. The highest BCUT2D eigenvalue weighted by atomic mass is 19.1. The van der Waals surface area contributed by atoms with Gasteiger partial charge in [-0.1, -0.05) is 12.1 Å². The number of hydrogen-bond acceptors (Lipinski definition) is 8. The minimum Gasteiger partial charge on any atom is -0.487 e. The first-order chi connectivity index (χ1) is 13.8. The van der Waals surface area contributed by atoms with E-state index in [0.29, 0.717) is 5.71 Å². The summed E-state index contributed by atoms with van der Waals surface area (Å²) in [5, 5.41) is 0. The second-order valence-corrected chi connectivity index (χ2v) is 6.17. The molecule has 0 spiro atoms. The van der Waals surface area contributed by atoms with E-state index in [2.05, 4.69) is 4.99 Å². The summed E-state index contributed by atoms with van der Waals surface area (Å²) in [4.78, 5) is 41.4. The minimum absolute atomic E-state index is 0.0163. The summed E-state index contributed by atoms with van der Waals surface area (Å²) >= 11 is 0. The van der Waals surface area contributed by atoms with Crippen molar-refractivity contribution in [2.24, 2.45) is 16.8 Å². The second kappa shape index (κ2) is 9.81. The molecule has 1 heterocycles. The van der Waals surface area contributed by atoms with Gasteiger partial charge in [0.15, 0.2) is 11.6 Å². The van der Waals surface area contributed by atoms with Gasteiger partial charge in [-0.15, -0.1) is 0 Å². The van der Waals surface area contributed by atoms with E-state index in [1.165, 1.54) is 32.2 Å². The lowest BCUT2D eigenvalue weighted by atomic mass is 9.80. The lowest BCUT2D eigenvalue weighted by molar-refractivity contribution is -0.157. The molecular formula is C20H22FNO7. The van der Waals surface area contributed by atoms with Crippen molar-refractivity contribution in [3.8, 4) is 5.75 Å².